The van der Waals surface area contributed by atoms with Crippen molar-refractivity contribution in [3.63, 3.8) is 0 Å². The molecule has 0 bridgehead atoms. The number of methoxy groups -OCH3 is 1. The molecule has 1 aromatic carbocycles. The largest absolute Gasteiger partial charge is 0.462 e. The van der Waals surface area contributed by atoms with Crippen LogP contribution in [-0.2, 0) is 17.8 Å². The summed E-state index contributed by atoms with van der Waals surface area (Å²) in [6.45, 7) is 3.65. The lowest BCUT2D eigenvalue weighted by Gasteiger charge is -2.16. The molecule has 1 aromatic heterocycles. The second-order valence-electron chi connectivity index (χ2n) is 5.08. The Morgan fingerprint density at radius 1 is 1.29 bits per heavy atom. The maximum Gasteiger partial charge on any atom is 0.129 e. The number of benzene rings is 1. The molecule has 0 aliphatic carbocycles. The first-order valence-electron chi connectivity index (χ1n) is 7.28. The first-order chi connectivity index (χ1) is 10.2. The van der Waals surface area contributed by atoms with Gasteiger partial charge in [0, 0.05) is 11.6 Å². The van der Waals surface area contributed by atoms with Crippen LogP contribution < -0.4 is 5.32 Å². The third-order valence-corrected chi connectivity index (χ3v) is 3.78. The van der Waals surface area contributed by atoms with Crippen LogP contribution in [0.5, 0.6) is 0 Å². The van der Waals surface area contributed by atoms with Crippen molar-refractivity contribution < 1.29 is 9.15 Å². The number of hydrogen-bond donors (Lipinski definition) is 1. The molecule has 1 N–H and O–H groups in total. The summed E-state index contributed by atoms with van der Waals surface area (Å²) in [6.07, 6.45) is 2.00. The molecule has 1 heterocycles. The maximum atomic E-state index is 5.89. The highest BCUT2D eigenvalue weighted by Gasteiger charge is 2.16. The van der Waals surface area contributed by atoms with E-state index in [0.717, 1.165) is 35.4 Å². The normalized spacial score (nSPS) is 12.5. The van der Waals surface area contributed by atoms with Crippen LogP contribution in [0.4, 0.5) is 0 Å². The molecule has 21 heavy (non-hydrogen) atoms. The Balaban J connectivity index is 2.12. The highest BCUT2D eigenvalue weighted by atomic mass is 79.9. The predicted octanol–water partition coefficient (Wildman–Crippen LogP) is 4.47. The molecule has 1 unspecified atom stereocenters. The van der Waals surface area contributed by atoms with Crippen molar-refractivity contribution in [1.29, 1.82) is 0 Å². The van der Waals surface area contributed by atoms with E-state index >= 15 is 0 Å². The van der Waals surface area contributed by atoms with Crippen LogP contribution in [0, 0.1) is 0 Å². The molecule has 4 heteroatoms. The molecule has 0 aliphatic rings. The summed E-state index contributed by atoms with van der Waals surface area (Å²) in [5.74, 6) is 1.83. The van der Waals surface area contributed by atoms with Gasteiger partial charge >= 0.3 is 0 Å². The van der Waals surface area contributed by atoms with Gasteiger partial charge in [-0.25, -0.2) is 0 Å². The number of ether oxygens (including phenoxy) is 1. The first kappa shape index (κ1) is 16.3. The molecule has 0 radical (unpaired) electrons. The summed E-state index contributed by atoms with van der Waals surface area (Å²) in [4.78, 5) is 0. The lowest BCUT2D eigenvalue weighted by Crippen LogP contribution is -2.23. The Morgan fingerprint density at radius 2 is 2.14 bits per heavy atom. The standard InChI is InChI=1S/C17H22BrNO2/c1-3-9-19-16(11-13-5-4-6-14(18)10-13)17-8-7-15(21-17)12-20-2/h4-8,10,16,19H,3,9,11-12H2,1-2H3. The SMILES string of the molecule is CCCNC(Cc1cccc(Br)c1)c1ccc(COC)o1. The second-order valence-corrected chi connectivity index (χ2v) is 5.99. The molecule has 1 atom stereocenters. The highest BCUT2D eigenvalue weighted by Crippen LogP contribution is 2.23. The van der Waals surface area contributed by atoms with E-state index in [1.807, 2.05) is 18.2 Å². The Bertz CT molecular complexity index is 553. The van der Waals surface area contributed by atoms with Gasteiger partial charge in [-0.3, -0.25) is 0 Å². The van der Waals surface area contributed by atoms with E-state index in [0.29, 0.717) is 6.61 Å². The van der Waals surface area contributed by atoms with Crippen molar-refractivity contribution >= 4 is 15.9 Å². The Hall–Kier alpha value is -1.10. The van der Waals surface area contributed by atoms with Gasteiger partial charge in [0.1, 0.15) is 18.1 Å². The summed E-state index contributed by atoms with van der Waals surface area (Å²) in [5, 5.41) is 3.56. The maximum absolute atomic E-state index is 5.89. The van der Waals surface area contributed by atoms with Crippen molar-refractivity contribution in [3.8, 4) is 0 Å². The van der Waals surface area contributed by atoms with Gasteiger partial charge in [-0.1, -0.05) is 35.0 Å². The van der Waals surface area contributed by atoms with E-state index in [2.05, 4.69) is 46.4 Å². The molecule has 0 saturated carbocycles. The van der Waals surface area contributed by atoms with E-state index in [1.165, 1.54) is 5.56 Å². The molecular weight excluding hydrogens is 330 g/mol. The number of rotatable bonds is 8. The molecule has 2 rings (SSSR count). The van der Waals surface area contributed by atoms with Crippen LogP contribution in [-0.4, -0.2) is 13.7 Å². The van der Waals surface area contributed by atoms with Crippen molar-refractivity contribution in [1.82, 2.24) is 5.32 Å². The van der Waals surface area contributed by atoms with E-state index in [1.54, 1.807) is 7.11 Å². The third kappa shape index (κ3) is 4.99. The van der Waals surface area contributed by atoms with Crippen molar-refractivity contribution in [2.75, 3.05) is 13.7 Å². The number of nitrogens with one attached hydrogen (secondary N) is 1. The van der Waals surface area contributed by atoms with Gasteiger partial charge in [0.2, 0.25) is 0 Å². The number of hydrogen-bond acceptors (Lipinski definition) is 3. The molecule has 114 valence electrons. The van der Waals surface area contributed by atoms with Crippen LogP contribution in [0.25, 0.3) is 0 Å². The van der Waals surface area contributed by atoms with Crippen LogP contribution in [0.3, 0.4) is 0 Å². The van der Waals surface area contributed by atoms with Crippen LogP contribution in [0.15, 0.2) is 45.3 Å². The average Bonchev–Trinajstić information content (AvgIpc) is 2.92. The fourth-order valence-electron chi connectivity index (χ4n) is 2.29. The Labute approximate surface area is 134 Å². The quantitative estimate of drug-likeness (QED) is 0.761. The summed E-state index contributed by atoms with van der Waals surface area (Å²) >= 11 is 3.53. The van der Waals surface area contributed by atoms with Gasteiger partial charge in [0.05, 0.1) is 6.04 Å². The van der Waals surface area contributed by atoms with Gasteiger partial charge in [-0.15, -0.1) is 0 Å². The summed E-state index contributed by atoms with van der Waals surface area (Å²) in [6, 6.07) is 12.6. The van der Waals surface area contributed by atoms with Crippen molar-refractivity contribution in [2.45, 2.75) is 32.4 Å². The van der Waals surface area contributed by atoms with Gasteiger partial charge < -0.3 is 14.5 Å². The smallest absolute Gasteiger partial charge is 0.129 e. The molecule has 0 amide bonds. The summed E-state index contributed by atoms with van der Waals surface area (Å²) in [5.41, 5.74) is 1.28. The molecule has 0 spiro atoms. The lowest BCUT2D eigenvalue weighted by atomic mass is 10.0. The minimum absolute atomic E-state index is 0.185. The fraction of sp³-hybridized carbons (Fsp3) is 0.412. The minimum atomic E-state index is 0.185. The zero-order valence-electron chi connectivity index (χ0n) is 12.6. The van der Waals surface area contributed by atoms with E-state index in [9.17, 15) is 0 Å². The lowest BCUT2D eigenvalue weighted by molar-refractivity contribution is 0.161. The van der Waals surface area contributed by atoms with Gasteiger partial charge in [0.15, 0.2) is 0 Å². The van der Waals surface area contributed by atoms with Crippen molar-refractivity contribution in [3.05, 3.63) is 58.0 Å². The molecule has 0 saturated heterocycles. The van der Waals surface area contributed by atoms with E-state index in [4.69, 9.17) is 9.15 Å². The fourth-order valence-corrected chi connectivity index (χ4v) is 2.74. The van der Waals surface area contributed by atoms with Crippen LogP contribution in [0.2, 0.25) is 0 Å². The second kappa shape index (κ2) is 8.37. The van der Waals surface area contributed by atoms with Crippen LogP contribution >= 0.6 is 15.9 Å². The number of halogens is 1. The van der Waals surface area contributed by atoms with Gasteiger partial charge in [-0.05, 0) is 49.2 Å². The minimum Gasteiger partial charge on any atom is -0.462 e. The third-order valence-electron chi connectivity index (χ3n) is 3.28. The first-order valence-corrected chi connectivity index (χ1v) is 8.07. The summed E-state index contributed by atoms with van der Waals surface area (Å²) < 4.78 is 12.1. The topological polar surface area (TPSA) is 34.4 Å². The summed E-state index contributed by atoms with van der Waals surface area (Å²) in [7, 11) is 1.68. The van der Waals surface area contributed by atoms with E-state index < -0.39 is 0 Å². The molecule has 3 nitrogen and oxygen atoms in total. The van der Waals surface area contributed by atoms with Gasteiger partial charge in [0.25, 0.3) is 0 Å². The average molecular weight is 352 g/mol. The molecule has 2 aromatic rings. The van der Waals surface area contributed by atoms with E-state index in [-0.39, 0.29) is 6.04 Å². The highest BCUT2D eigenvalue weighted by molar-refractivity contribution is 9.10. The Morgan fingerprint density at radius 3 is 2.86 bits per heavy atom. The van der Waals surface area contributed by atoms with Crippen molar-refractivity contribution in [2.24, 2.45) is 0 Å². The number of furan rings is 1. The van der Waals surface area contributed by atoms with Crippen LogP contribution in [0.1, 0.15) is 36.5 Å². The zero-order valence-corrected chi connectivity index (χ0v) is 14.2. The molecular formula is C17H22BrNO2. The predicted molar refractivity (Wildman–Crippen MR) is 88.3 cm³/mol. The monoisotopic (exact) mass is 351 g/mol. The Kier molecular flexibility index (Phi) is 6.49. The zero-order chi connectivity index (χ0) is 15.1. The molecule has 0 aliphatic heterocycles. The molecule has 0 fully saturated rings. The van der Waals surface area contributed by atoms with Gasteiger partial charge in [-0.2, -0.15) is 0 Å².